The summed E-state index contributed by atoms with van der Waals surface area (Å²) in [6.07, 6.45) is 7.55. The van der Waals surface area contributed by atoms with Crippen molar-refractivity contribution in [3.63, 3.8) is 0 Å². The van der Waals surface area contributed by atoms with Crippen LogP contribution in [0.2, 0.25) is 0 Å². The van der Waals surface area contributed by atoms with Gasteiger partial charge in [0.2, 0.25) is 11.8 Å². The third-order valence-electron chi connectivity index (χ3n) is 9.22. The van der Waals surface area contributed by atoms with Crippen molar-refractivity contribution in [1.82, 2.24) is 20.5 Å². The molecule has 8 heteroatoms. The summed E-state index contributed by atoms with van der Waals surface area (Å²) in [4.78, 5) is 9.11. The largest absolute Gasteiger partial charge is 0.423 e. The molecule has 3 aliphatic heterocycles. The van der Waals surface area contributed by atoms with Gasteiger partial charge in [0.05, 0.1) is 11.7 Å². The van der Waals surface area contributed by atoms with Crippen molar-refractivity contribution in [3.05, 3.63) is 88.5 Å². The molecule has 7 nitrogen and oxygen atoms in total. The standard InChI is InChI=1S/C34H38FN5O2/c1-20(2)32-39-40-33(42-32)34(23-14-16-41-17-15-23)31-25(24-8-4-5-10-28(24)37-31)19-30(38-34)29-11-7-6-9-27(36-29)22-12-13-26(35)21(3)18-22/h4-5,8-10,12-13,18,20,23,30,37-38H,6-7,11,14-17,19H2,1-3H3/t30-,34?/m1/s1. The van der Waals surface area contributed by atoms with Crippen LogP contribution in [0.5, 0.6) is 0 Å². The Kier molecular flexibility index (Phi) is 7.06. The van der Waals surface area contributed by atoms with Crippen LogP contribution in [-0.4, -0.2) is 40.1 Å². The van der Waals surface area contributed by atoms with Crippen molar-refractivity contribution in [3.8, 4) is 0 Å². The van der Waals surface area contributed by atoms with Gasteiger partial charge in [-0.05, 0) is 86.8 Å². The molecule has 4 aromatic rings. The molecule has 5 heterocycles. The quantitative estimate of drug-likeness (QED) is 0.272. The molecule has 0 saturated carbocycles. The normalized spacial score (nSPS) is 23.5. The zero-order valence-electron chi connectivity index (χ0n) is 24.5. The molecule has 218 valence electrons. The molecular weight excluding hydrogens is 529 g/mol. The van der Waals surface area contributed by atoms with Gasteiger partial charge in [-0.25, -0.2) is 4.39 Å². The summed E-state index contributed by atoms with van der Waals surface area (Å²) in [6, 6.07) is 13.8. The first-order valence-corrected chi connectivity index (χ1v) is 15.3. The third-order valence-corrected chi connectivity index (χ3v) is 9.22. The molecule has 0 radical (unpaired) electrons. The molecule has 1 unspecified atom stereocenters. The van der Waals surface area contributed by atoms with E-state index in [9.17, 15) is 4.39 Å². The number of nitrogens with one attached hydrogen (secondary N) is 2. The van der Waals surface area contributed by atoms with E-state index >= 15 is 0 Å². The number of hydrogen-bond donors (Lipinski definition) is 2. The molecule has 42 heavy (non-hydrogen) atoms. The number of aromatic amines is 1. The number of aromatic nitrogens is 3. The van der Waals surface area contributed by atoms with Crippen LogP contribution in [0.25, 0.3) is 16.6 Å². The SMILES string of the molecule is Cc1cc(C2=CCCCC([C@H]3Cc4c([nH]c5ccccc45)C(c4nnc(C(C)C)o4)(C4CCOCC4)N3)=N2)ccc1F. The second-order valence-electron chi connectivity index (χ2n) is 12.3. The monoisotopic (exact) mass is 567 g/mol. The first-order valence-electron chi connectivity index (χ1n) is 15.3. The highest BCUT2D eigenvalue weighted by atomic mass is 19.1. The fourth-order valence-corrected chi connectivity index (χ4v) is 6.99. The van der Waals surface area contributed by atoms with Crippen LogP contribution in [-0.2, 0) is 16.7 Å². The Morgan fingerprint density at radius 3 is 2.69 bits per heavy atom. The second-order valence-corrected chi connectivity index (χ2v) is 12.3. The molecule has 3 aliphatic rings. The van der Waals surface area contributed by atoms with E-state index in [1.807, 2.05) is 12.1 Å². The smallest absolute Gasteiger partial charge is 0.242 e. The fraction of sp³-hybridized carbons (Fsp3) is 0.441. The average molecular weight is 568 g/mol. The van der Waals surface area contributed by atoms with E-state index in [-0.39, 0.29) is 23.7 Å². The number of ether oxygens (including phenoxy) is 1. The van der Waals surface area contributed by atoms with E-state index in [0.717, 1.165) is 66.7 Å². The number of allylic oxidation sites excluding steroid dienone is 1. The van der Waals surface area contributed by atoms with Crippen molar-refractivity contribution in [2.45, 2.75) is 76.8 Å². The Morgan fingerprint density at radius 1 is 1.07 bits per heavy atom. The summed E-state index contributed by atoms with van der Waals surface area (Å²) >= 11 is 0. The van der Waals surface area contributed by atoms with Gasteiger partial charge in [0.1, 0.15) is 11.4 Å². The summed E-state index contributed by atoms with van der Waals surface area (Å²) in [5.41, 5.74) is 6.38. The van der Waals surface area contributed by atoms with Gasteiger partial charge in [-0.2, -0.15) is 0 Å². The van der Waals surface area contributed by atoms with Gasteiger partial charge in [0.15, 0.2) is 0 Å². The maximum atomic E-state index is 14.1. The van der Waals surface area contributed by atoms with E-state index in [1.54, 1.807) is 13.0 Å². The average Bonchev–Trinajstić information content (AvgIpc) is 3.58. The predicted octanol–water partition coefficient (Wildman–Crippen LogP) is 6.97. The molecule has 2 atom stereocenters. The van der Waals surface area contributed by atoms with Gasteiger partial charge in [0, 0.05) is 47.0 Å². The number of aryl methyl sites for hydroxylation is 1. The first kappa shape index (κ1) is 27.2. The van der Waals surface area contributed by atoms with E-state index in [2.05, 4.69) is 59.6 Å². The highest BCUT2D eigenvalue weighted by molar-refractivity contribution is 5.96. The van der Waals surface area contributed by atoms with Crippen molar-refractivity contribution < 1.29 is 13.5 Å². The Bertz CT molecular complexity index is 1680. The molecule has 0 bridgehead atoms. The van der Waals surface area contributed by atoms with Crippen molar-refractivity contribution >= 4 is 22.3 Å². The summed E-state index contributed by atoms with van der Waals surface area (Å²) < 4.78 is 26.5. The molecule has 2 aromatic carbocycles. The Morgan fingerprint density at radius 2 is 1.90 bits per heavy atom. The summed E-state index contributed by atoms with van der Waals surface area (Å²) in [5.74, 6) is 1.36. The molecule has 1 fully saturated rings. The number of hydrogen-bond acceptors (Lipinski definition) is 6. The van der Waals surface area contributed by atoms with E-state index < -0.39 is 5.54 Å². The van der Waals surface area contributed by atoms with Crippen LogP contribution in [0.1, 0.15) is 86.0 Å². The Hall–Kier alpha value is -3.62. The molecule has 0 aliphatic carbocycles. The zero-order valence-corrected chi connectivity index (χ0v) is 24.5. The van der Waals surface area contributed by atoms with Crippen LogP contribution in [0, 0.1) is 18.7 Å². The molecule has 0 amide bonds. The summed E-state index contributed by atoms with van der Waals surface area (Å²) in [7, 11) is 0. The number of para-hydroxylation sites is 1. The lowest BCUT2D eigenvalue weighted by molar-refractivity contribution is 0.0252. The third kappa shape index (κ3) is 4.61. The minimum Gasteiger partial charge on any atom is -0.423 e. The highest BCUT2D eigenvalue weighted by Gasteiger charge is 2.53. The fourth-order valence-electron chi connectivity index (χ4n) is 6.99. The van der Waals surface area contributed by atoms with Crippen LogP contribution in [0.3, 0.4) is 0 Å². The summed E-state index contributed by atoms with van der Waals surface area (Å²) in [5, 5.41) is 14.6. The number of fused-ring (bicyclic) bond motifs is 3. The van der Waals surface area contributed by atoms with Gasteiger partial charge in [-0.3, -0.25) is 10.3 Å². The minimum absolute atomic E-state index is 0.0444. The maximum Gasteiger partial charge on any atom is 0.242 e. The van der Waals surface area contributed by atoms with Crippen molar-refractivity contribution in [2.75, 3.05) is 13.2 Å². The van der Waals surface area contributed by atoms with Crippen LogP contribution in [0.15, 0.2) is 58.0 Å². The molecule has 7 rings (SSSR count). The van der Waals surface area contributed by atoms with E-state index in [1.165, 1.54) is 10.9 Å². The Balaban J connectivity index is 1.40. The molecule has 2 N–H and O–H groups in total. The molecule has 0 spiro atoms. The van der Waals surface area contributed by atoms with E-state index in [0.29, 0.717) is 30.6 Å². The lowest BCUT2D eigenvalue weighted by Gasteiger charge is -2.46. The Labute approximate surface area is 245 Å². The molecule has 2 aromatic heterocycles. The number of aliphatic imine (C=N–C) groups is 1. The van der Waals surface area contributed by atoms with Crippen molar-refractivity contribution in [2.24, 2.45) is 10.9 Å². The zero-order chi connectivity index (χ0) is 28.8. The second kappa shape index (κ2) is 10.9. The lowest BCUT2D eigenvalue weighted by Crippen LogP contribution is -2.60. The van der Waals surface area contributed by atoms with Crippen LogP contribution in [0.4, 0.5) is 4.39 Å². The van der Waals surface area contributed by atoms with Gasteiger partial charge in [-0.15, -0.1) is 10.2 Å². The number of benzene rings is 2. The van der Waals surface area contributed by atoms with Crippen molar-refractivity contribution in [1.29, 1.82) is 0 Å². The van der Waals surface area contributed by atoms with Gasteiger partial charge >= 0.3 is 0 Å². The summed E-state index contributed by atoms with van der Waals surface area (Å²) in [6.45, 7) is 7.35. The topological polar surface area (TPSA) is 88.3 Å². The molecular formula is C34H38FN5O2. The maximum absolute atomic E-state index is 14.1. The van der Waals surface area contributed by atoms with Gasteiger partial charge in [-0.1, -0.05) is 38.1 Å². The van der Waals surface area contributed by atoms with E-state index in [4.69, 9.17) is 19.2 Å². The molecule has 1 saturated heterocycles. The number of nitrogens with zero attached hydrogens (tertiary/aromatic N) is 3. The predicted molar refractivity (Wildman–Crippen MR) is 162 cm³/mol. The minimum atomic E-state index is -0.716. The van der Waals surface area contributed by atoms with Gasteiger partial charge in [0.25, 0.3) is 0 Å². The first-order chi connectivity index (χ1) is 20.4. The van der Waals surface area contributed by atoms with Gasteiger partial charge < -0.3 is 14.1 Å². The number of rotatable bonds is 5. The number of H-pyrrole nitrogens is 1. The number of halogens is 1. The van der Waals surface area contributed by atoms with Crippen LogP contribution < -0.4 is 5.32 Å². The van der Waals surface area contributed by atoms with Crippen LogP contribution >= 0.6 is 0 Å². The lowest BCUT2D eigenvalue weighted by atomic mass is 9.71. The highest BCUT2D eigenvalue weighted by Crippen LogP contribution is 2.47.